The Bertz CT molecular complexity index is 1020. The van der Waals surface area contributed by atoms with E-state index in [0.717, 1.165) is 30.4 Å². The highest BCUT2D eigenvalue weighted by atomic mass is 16.7. The van der Waals surface area contributed by atoms with Gasteiger partial charge in [-0.2, -0.15) is 5.48 Å². The summed E-state index contributed by atoms with van der Waals surface area (Å²) in [4.78, 5) is 31.2. The number of hydroxylamine groups is 1. The second-order valence-corrected chi connectivity index (χ2v) is 12.1. The number of carbonyl (C=O) groups excluding carboxylic acids is 2. The number of aryl methyl sites for hydroxylation is 1. The predicted octanol–water partition coefficient (Wildman–Crippen LogP) is 3.73. The number of rotatable bonds is 8. The van der Waals surface area contributed by atoms with Crippen LogP contribution in [0.3, 0.4) is 0 Å². The van der Waals surface area contributed by atoms with E-state index in [1.807, 2.05) is 12.1 Å². The molecule has 0 radical (unpaired) electrons. The summed E-state index contributed by atoms with van der Waals surface area (Å²) in [6.07, 6.45) is 2.32. The van der Waals surface area contributed by atoms with Gasteiger partial charge in [-0.05, 0) is 111 Å². The zero-order valence-electron chi connectivity index (χ0n) is 23.1. The smallest absolute Gasteiger partial charge is 0.431 e. The lowest BCUT2D eigenvalue weighted by atomic mass is 9.90. The van der Waals surface area contributed by atoms with Crippen molar-refractivity contribution in [3.05, 3.63) is 29.3 Å². The maximum absolute atomic E-state index is 13.3. The molecule has 1 amide bonds. The van der Waals surface area contributed by atoms with Gasteiger partial charge in [0.05, 0.1) is 0 Å². The third kappa shape index (κ3) is 7.58. The first-order valence-corrected chi connectivity index (χ1v) is 12.8. The van der Waals surface area contributed by atoms with Crippen molar-refractivity contribution in [2.75, 3.05) is 6.54 Å². The summed E-state index contributed by atoms with van der Waals surface area (Å²) in [5, 5.41) is 11.9. The molecule has 1 heterocycles. The molecule has 1 aliphatic carbocycles. The average Bonchev–Trinajstić information content (AvgIpc) is 3.53. The molecule has 1 saturated carbocycles. The fourth-order valence-electron chi connectivity index (χ4n) is 4.20. The first-order chi connectivity index (χ1) is 17.1. The SMILES string of the molecule is CC(C)(C)OC(=O)NO[C@](C)(C(=O)OC(C)(C)C)[C@H]1CCc2cc(C(=N)NC3(CCN)CC3)ccc2O1. The van der Waals surface area contributed by atoms with Crippen LogP contribution in [0.1, 0.15) is 85.3 Å². The second-order valence-electron chi connectivity index (χ2n) is 12.1. The fraction of sp³-hybridized carbons (Fsp3) is 0.667. The van der Waals surface area contributed by atoms with Gasteiger partial charge in [-0.15, -0.1) is 0 Å². The van der Waals surface area contributed by atoms with E-state index in [-0.39, 0.29) is 5.54 Å². The number of amides is 1. The maximum atomic E-state index is 13.3. The number of esters is 1. The number of ether oxygens (including phenoxy) is 3. The monoisotopic (exact) mass is 518 g/mol. The van der Waals surface area contributed by atoms with Gasteiger partial charge in [0.15, 0.2) is 0 Å². The van der Waals surface area contributed by atoms with Crippen LogP contribution < -0.4 is 21.3 Å². The zero-order valence-corrected chi connectivity index (χ0v) is 23.1. The molecule has 0 bridgehead atoms. The number of nitrogens with one attached hydrogen (secondary N) is 3. The molecule has 10 nitrogen and oxygen atoms in total. The third-order valence-electron chi connectivity index (χ3n) is 6.32. The van der Waals surface area contributed by atoms with Gasteiger partial charge in [-0.3, -0.25) is 5.41 Å². The molecule has 0 aromatic heterocycles. The Balaban J connectivity index is 1.76. The Morgan fingerprint density at radius 2 is 1.76 bits per heavy atom. The molecular formula is C27H42N4O6. The summed E-state index contributed by atoms with van der Waals surface area (Å²) < 4.78 is 17.1. The van der Waals surface area contributed by atoms with E-state index < -0.39 is 35.0 Å². The van der Waals surface area contributed by atoms with Crippen LogP contribution in [-0.4, -0.2) is 52.9 Å². The molecule has 1 fully saturated rings. The summed E-state index contributed by atoms with van der Waals surface area (Å²) in [6, 6.07) is 5.55. The summed E-state index contributed by atoms with van der Waals surface area (Å²) in [7, 11) is 0. The second kappa shape index (κ2) is 10.5. The maximum Gasteiger partial charge on any atom is 0.431 e. The summed E-state index contributed by atoms with van der Waals surface area (Å²) in [6.45, 7) is 12.6. The molecular weight excluding hydrogens is 476 g/mol. The van der Waals surface area contributed by atoms with Crippen molar-refractivity contribution < 1.29 is 28.6 Å². The molecule has 0 saturated heterocycles. The minimum atomic E-state index is -1.64. The molecule has 1 aromatic carbocycles. The van der Waals surface area contributed by atoms with Gasteiger partial charge in [0.2, 0.25) is 5.60 Å². The lowest BCUT2D eigenvalue weighted by molar-refractivity contribution is -0.205. The van der Waals surface area contributed by atoms with Crippen LogP contribution in [-0.2, 0) is 25.5 Å². The van der Waals surface area contributed by atoms with E-state index in [1.165, 1.54) is 6.92 Å². The Hall–Kier alpha value is -2.85. The van der Waals surface area contributed by atoms with E-state index >= 15 is 0 Å². The molecule has 10 heteroatoms. The topological polar surface area (TPSA) is 145 Å². The molecule has 206 valence electrons. The van der Waals surface area contributed by atoms with Crippen LogP contribution in [0.5, 0.6) is 5.75 Å². The van der Waals surface area contributed by atoms with Gasteiger partial charge in [-0.25, -0.2) is 14.4 Å². The first-order valence-electron chi connectivity index (χ1n) is 12.8. The third-order valence-corrected chi connectivity index (χ3v) is 6.32. The number of hydrogen-bond donors (Lipinski definition) is 4. The Morgan fingerprint density at radius 1 is 1.11 bits per heavy atom. The molecule has 3 rings (SSSR count). The van der Waals surface area contributed by atoms with E-state index in [4.69, 9.17) is 30.2 Å². The van der Waals surface area contributed by atoms with Gasteiger partial charge >= 0.3 is 12.1 Å². The molecule has 2 aliphatic rings. The molecule has 1 aromatic rings. The van der Waals surface area contributed by atoms with Crippen molar-refractivity contribution in [2.45, 2.75) is 109 Å². The summed E-state index contributed by atoms with van der Waals surface area (Å²) >= 11 is 0. The quantitative estimate of drug-likeness (QED) is 0.176. The van der Waals surface area contributed by atoms with E-state index in [2.05, 4.69) is 10.8 Å². The number of hydrogen-bond acceptors (Lipinski definition) is 8. The normalized spacial score (nSPS) is 19.9. The van der Waals surface area contributed by atoms with Crippen molar-refractivity contribution in [2.24, 2.45) is 5.73 Å². The molecule has 2 atom stereocenters. The molecule has 0 unspecified atom stereocenters. The van der Waals surface area contributed by atoms with Crippen molar-refractivity contribution in [1.82, 2.24) is 10.8 Å². The van der Waals surface area contributed by atoms with Crippen molar-refractivity contribution >= 4 is 17.9 Å². The van der Waals surface area contributed by atoms with Gasteiger partial charge in [0.25, 0.3) is 0 Å². The minimum Gasteiger partial charge on any atom is -0.486 e. The molecule has 0 spiro atoms. The van der Waals surface area contributed by atoms with Crippen molar-refractivity contribution in [3.8, 4) is 5.75 Å². The molecule has 5 N–H and O–H groups in total. The number of nitrogens with two attached hydrogens (primary N) is 1. The van der Waals surface area contributed by atoms with Crippen molar-refractivity contribution in [1.29, 1.82) is 5.41 Å². The largest absolute Gasteiger partial charge is 0.486 e. The minimum absolute atomic E-state index is 0.0585. The highest BCUT2D eigenvalue weighted by Gasteiger charge is 2.50. The predicted molar refractivity (Wildman–Crippen MR) is 139 cm³/mol. The fourth-order valence-corrected chi connectivity index (χ4v) is 4.20. The van der Waals surface area contributed by atoms with Gasteiger partial charge in [0, 0.05) is 11.1 Å². The highest BCUT2D eigenvalue weighted by molar-refractivity contribution is 5.97. The van der Waals surface area contributed by atoms with Crippen LogP contribution in [0.4, 0.5) is 4.79 Å². The van der Waals surface area contributed by atoms with Crippen molar-refractivity contribution in [3.63, 3.8) is 0 Å². The Kier molecular flexibility index (Phi) is 8.14. The Labute approximate surface area is 219 Å². The van der Waals surface area contributed by atoms with E-state index in [1.54, 1.807) is 47.6 Å². The number of benzene rings is 1. The Morgan fingerprint density at radius 3 is 2.32 bits per heavy atom. The van der Waals surface area contributed by atoms with Crippen LogP contribution in [0, 0.1) is 5.41 Å². The lowest BCUT2D eigenvalue weighted by Crippen LogP contribution is -2.58. The molecule has 37 heavy (non-hydrogen) atoms. The van der Waals surface area contributed by atoms with E-state index in [0.29, 0.717) is 31.0 Å². The molecule has 1 aliphatic heterocycles. The van der Waals surface area contributed by atoms with Crippen LogP contribution in [0.25, 0.3) is 0 Å². The standard InChI is InChI=1S/C27H42N4O6/c1-24(2,3)35-22(32)26(7,37-31-23(33)36-25(4,5)6)20-11-9-17-16-18(8-10-19(17)34-20)21(29)30-27(12-13-27)14-15-28/h8,10,16,20H,9,11-15,28H2,1-7H3,(H2,29,30)(H,31,33)/t20-,26+/m1/s1. The number of fused-ring (bicyclic) bond motifs is 1. The van der Waals surface area contributed by atoms with Gasteiger partial charge in [0.1, 0.15) is 28.9 Å². The van der Waals surface area contributed by atoms with Crippen LogP contribution in [0.2, 0.25) is 0 Å². The summed E-state index contributed by atoms with van der Waals surface area (Å²) in [5.74, 6) is 0.285. The van der Waals surface area contributed by atoms with Gasteiger partial charge < -0.3 is 25.3 Å². The summed E-state index contributed by atoms with van der Waals surface area (Å²) in [5.41, 5.74) is 6.45. The van der Waals surface area contributed by atoms with Crippen LogP contribution >= 0.6 is 0 Å². The van der Waals surface area contributed by atoms with Gasteiger partial charge in [-0.1, -0.05) is 0 Å². The van der Waals surface area contributed by atoms with Crippen LogP contribution in [0.15, 0.2) is 18.2 Å². The number of amidine groups is 1. The average molecular weight is 519 g/mol. The first kappa shape index (κ1) is 28.7. The highest BCUT2D eigenvalue weighted by Crippen LogP contribution is 2.39. The lowest BCUT2D eigenvalue weighted by Gasteiger charge is -2.39. The number of carbonyl (C=O) groups is 2. The van der Waals surface area contributed by atoms with E-state index in [9.17, 15) is 9.59 Å². The zero-order chi connectivity index (χ0) is 27.6.